The van der Waals surface area contributed by atoms with E-state index in [9.17, 15) is 18.0 Å². The molecule has 1 saturated heterocycles. The summed E-state index contributed by atoms with van der Waals surface area (Å²) in [6.45, 7) is 3.43. The Bertz CT molecular complexity index is 819. The zero-order valence-electron chi connectivity index (χ0n) is 18.2. The highest BCUT2D eigenvalue weighted by Crippen LogP contribution is 2.42. The molecule has 32 heavy (non-hydrogen) atoms. The Morgan fingerprint density at radius 2 is 1.94 bits per heavy atom. The molecule has 2 atom stereocenters. The second-order valence-electron chi connectivity index (χ2n) is 9.06. The lowest BCUT2D eigenvalue weighted by Crippen LogP contribution is -2.36. The summed E-state index contributed by atoms with van der Waals surface area (Å²) in [7, 11) is 0. The van der Waals surface area contributed by atoms with Crippen LogP contribution in [0.3, 0.4) is 0 Å². The first-order valence-electron chi connectivity index (χ1n) is 11.5. The van der Waals surface area contributed by atoms with Gasteiger partial charge >= 0.3 is 6.18 Å². The number of ether oxygens (including phenoxy) is 2. The van der Waals surface area contributed by atoms with E-state index < -0.39 is 18.5 Å². The topological polar surface area (TPSA) is 50.8 Å². The van der Waals surface area contributed by atoms with Crippen molar-refractivity contribution in [3.63, 3.8) is 0 Å². The van der Waals surface area contributed by atoms with E-state index in [2.05, 4.69) is 16.3 Å². The summed E-state index contributed by atoms with van der Waals surface area (Å²) in [5.41, 5.74) is 1.26. The Morgan fingerprint density at radius 3 is 2.72 bits per heavy atom. The Morgan fingerprint density at radius 1 is 1.12 bits per heavy atom. The standard InChI is InChI=1S/C24H31F3N2O3/c25-24(26,27)15-22(30)28-19-4-1-3-17(7-8-19)9-12-29-13-10-18(11-14-29)20-5-2-6-21-23(20)32-16-31-21/h1-2,4-6,17-19H,3,7-16H2,(H,28,30)/t17-,19?/m1/s1. The second-order valence-corrected chi connectivity index (χ2v) is 9.06. The number of halogens is 3. The smallest absolute Gasteiger partial charge is 0.397 e. The van der Waals surface area contributed by atoms with Gasteiger partial charge in [-0.1, -0.05) is 24.3 Å². The number of amides is 1. The number of hydrogen-bond acceptors (Lipinski definition) is 4. The van der Waals surface area contributed by atoms with Crippen LogP contribution in [0.1, 0.15) is 56.4 Å². The number of fused-ring (bicyclic) bond motifs is 1. The molecule has 1 N–H and O–H groups in total. The first kappa shape index (κ1) is 23.0. The molecule has 0 bridgehead atoms. The van der Waals surface area contributed by atoms with Crippen LogP contribution in [0.15, 0.2) is 30.4 Å². The summed E-state index contributed by atoms with van der Waals surface area (Å²) < 4.78 is 48.3. The van der Waals surface area contributed by atoms with Gasteiger partial charge in [0.1, 0.15) is 6.42 Å². The molecule has 0 radical (unpaired) electrons. The van der Waals surface area contributed by atoms with Crippen LogP contribution in [0.25, 0.3) is 0 Å². The van der Waals surface area contributed by atoms with Crippen LogP contribution in [0, 0.1) is 5.92 Å². The van der Waals surface area contributed by atoms with Crippen LogP contribution < -0.4 is 14.8 Å². The number of para-hydroxylation sites is 1. The number of likely N-dealkylation sites (tertiary alicyclic amines) is 1. The molecule has 0 aromatic heterocycles. The van der Waals surface area contributed by atoms with Crippen molar-refractivity contribution in [2.45, 2.75) is 63.1 Å². The van der Waals surface area contributed by atoms with E-state index in [1.165, 1.54) is 5.56 Å². The van der Waals surface area contributed by atoms with Gasteiger partial charge in [0, 0.05) is 11.6 Å². The number of allylic oxidation sites excluding steroid dienone is 1. The van der Waals surface area contributed by atoms with Gasteiger partial charge in [0.25, 0.3) is 0 Å². The van der Waals surface area contributed by atoms with Crippen molar-refractivity contribution in [2.24, 2.45) is 5.92 Å². The maximum atomic E-state index is 12.4. The van der Waals surface area contributed by atoms with Crippen LogP contribution in [0.4, 0.5) is 13.2 Å². The van der Waals surface area contributed by atoms with Crippen LogP contribution in [-0.4, -0.2) is 49.5 Å². The lowest BCUT2D eigenvalue weighted by atomic mass is 9.88. The normalized spacial score (nSPS) is 24.3. The first-order valence-corrected chi connectivity index (χ1v) is 11.5. The Balaban J connectivity index is 1.18. The zero-order chi connectivity index (χ0) is 22.6. The molecule has 4 rings (SSSR count). The molecule has 8 heteroatoms. The molecule has 1 aliphatic carbocycles. The largest absolute Gasteiger partial charge is 0.454 e. The average molecular weight is 453 g/mol. The van der Waals surface area contributed by atoms with E-state index in [0.717, 1.165) is 63.2 Å². The van der Waals surface area contributed by atoms with Crippen molar-refractivity contribution in [2.75, 3.05) is 26.4 Å². The number of hydrogen-bond donors (Lipinski definition) is 1. The molecular formula is C24H31F3N2O3. The summed E-state index contributed by atoms with van der Waals surface area (Å²) in [5, 5.41) is 2.50. The third-order valence-corrected chi connectivity index (χ3v) is 6.74. The van der Waals surface area contributed by atoms with Crippen LogP contribution in [-0.2, 0) is 4.79 Å². The maximum absolute atomic E-state index is 12.4. The fourth-order valence-electron chi connectivity index (χ4n) is 4.99. The summed E-state index contributed by atoms with van der Waals surface area (Å²) in [5.74, 6) is 1.79. The summed E-state index contributed by atoms with van der Waals surface area (Å²) in [4.78, 5) is 14.1. The fraction of sp³-hybridized carbons (Fsp3) is 0.625. The van der Waals surface area contributed by atoms with E-state index >= 15 is 0 Å². The predicted octanol–water partition coefficient (Wildman–Crippen LogP) is 4.78. The number of nitrogens with zero attached hydrogens (tertiary/aromatic N) is 1. The quantitative estimate of drug-likeness (QED) is 0.632. The number of carbonyl (C=O) groups is 1. The van der Waals surface area contributed by atoms with Gasteiger partial charge in [-0.2, -0.15) is 13.2 Å². The predicted molar refractivity (Wildman–Crippen MR) is 115 cm³/mol. The number of nitrogens with one attached hydrogen (secondary N) is 1. The Hall–Kier alpha value is -2.22. The molecule has 1 aromatic rings. The highest BCUT2D eigenvalue weighted by molar-refractivity contribution is 5.77. The summed E-state index contributed by atoms with van der Waals surface area (Å²) >= 11 is 0. The molecular weight excluding hydrogens is 421 g/mol. The van der Waals surface area contributed by atoms with E-state index in [4.69, 9.17) is 9.47 Å². The van der Waals surface area contributed by atoms with Crippen LogP contribution >= 0.6 is 0 Å². The van der Waals surface area contributed by atoms with E-state index in [1.54, 1.807) is 0 Å². The Labute approximate surface area is 186 Å². The lowest BCUT2D eigenvalue weighted by molar-refractivity contribution is -0.154. The number of piperidine rings is 1. The van der Waals surface area contributed by atoms with Gasteiger partial charge in [-0.25, -0.2) is 0 Å². The first-order chi connectivity index (χ1) is 15.4. The minimum Gasteiger partial charge on any atom is -0.454 e. The minimum absolute atomic E-state index is 0.299. The Kier molecular flexibility index (Phi) is 7.28. The van der Waals surface area contributed by atoms with Crippen LogP contribution in [0.2, 0.25) is 0 Å². The van der Waals surface area contributed by atoms with E-state index in [0.29, 0.717) is 25.0 Å². The van der Waals surface area contributed by atoms with Gasteiger partial charge in [0.05, 0.1) is 0 Å². The highest BCUT2D eigenvalue weighted by atomic mass is 19.4. The summed E-state index contributed by atoms with van der Waals surface area (Å²) in [6.07, 6.45) is 3.75. The third-order valence-electron chi connectivity index (χ3n) is 6.74. The number of alkyl halides is 3. The average Bonchev–Trinajstić information content (AvgIpc) is 3.12. The number of rotatable bonds is 6. The molecule has 2 aliphatic heterocycles. The van der Waals surface area contributed by atoms with Crippen molar-refractivity contribution < 1.29 is 27.4 Å². The van der Waals surface area contributed by atoms with Crippen molar-refractivity contribution >= 4 is 5.91 Å². The highest BCUT2D eigenvalue weighted by Gasteiger charge is 2.32. The van der Waals surface area contributed by atoms with Gasteiger partial charge < -0.3 is 19.7 Å². The van der Waals surface area contributed by atoms with Crippen molar-refractivity contribution in [3.05, 3.63) is 35.9 Å². The molecule has 0 saturated carbocycles. The van der Waals surface area contributed by atoms with Crippen molar-refractivity contribution in [1.29, 1.82) is 0 Å². The van der Waals surface area contributed by atoms with Gasteiger partial charge in [0.2, 0.25) is 12.7 Å². The molecule has 176 valence electrons. The molecule has 5 nitrogen and oxygen atoms in total. The molecule has 3 aliphatic rings. The monoisotopic (exact) mass is 452 g/mol. The zero-order valence-corrected chi connectivity index (χ0v) is 18.2. The molecule has 1 unspecified atom stereocenters. The summed E-state index contributed by atoms with van der Waals surface area (Å²) in [6, 6.07) is 5.84. The van der Waals surface area contributed by atoms with Gasteiger partial charge in [-0.05, 0) is 76.1 Å². The molecule has 0 spiro atoms. The van der Waals surface area contributed by atoms with Crippen molar-refractivity contribution in [1.82, 2.24) is 10.2 Å². The van der Waals surface area contributed by atoms with Gasteiger partial charge in [0.15, 0.2) is 11.5 Å². The lowest BCUT2D eigenvalue weighted by Gasteiger charge is -2.33. The fourth-order valence-corrected chi connectivity index (χ4v) is 4.99. The number of carbonyl (C=O) groups excluding carboxylic acids is 1. The third kappa shape index (κ3) is 6.18. The molecule has 1 fully saturated rings. The van der Waals surface area contributed by atoms with Crippen LogP contribution in [0.5, 0.6) is 11.5 Å². The molecule has 1 aromatic carbocycles. The van der Waals surface area contributed by atoms with Gasteiger partial charge in [-0.15, -0.1) is 0 Å². The molecule has 1 amide bonds. The minimum atomic E-state index is -4.46. The SMILES string of the molecule is O=C(CC(F)(F)F)NC1C=CC[C@@H](CCN2CCC(c3cccc4c3OCO4)CC2)CC1. The maximum Gasteiger partial charge on any atom is 0.397 e. The van der Waals surface area contributed by atoms with Gasteiger partial charge in [-0.3, -0.25) is 4.79 Å². The van der Waals surface area contributed by atoms with E-state index in [1.807, 2.05) is 24.3 Å². The molecule has 2 heterocycles. The van der Waals surface area contributed by atoms with Crippen molar-refractivity contribution in [3.8, 4) is 11.5 Å². The second kappa shape index (κ2) is 10.1. The van der Waals surface area contributed by atoms with E-state index in [-0.39, 0.29) is 6.04 Å². The number of benzene rings is 1.